The largest absolute Gasteiger partial charge is 0.357 e. The molecule has 0 bridgehead atoms. The van der Waals surface area contributed by atoms with Crippen LogP contribution >= 0.6 is 0 Å². The van der Waals surface area contributed by atoms with Crippen LogP contribution in [0.15, 0.2) is 42.6 Å². The van der Waals surface area contributed by atoms with Crippen LogP contribution in [0.3, 0.4) is 0 Å². The molecule has 162 valence electrons. The summed E-state index contributed by atoms with van der Waals surface area (Å²) < 4.78 is 0. The van der Waals surface area contributed by atoms with Gasteiger partial charge in [-0.3, -0.25) is 14.8 Å². The van der Waals surface area contributed by atoms with Gasteiger partial charge >= 0.3 is 0 Å². The second kappa shape index (κ2) is 11.1. The lowest BCUT2D eigenvalue weighted by molar-refractivity contribution is -0.130. The highest BCUT2D eigenvalue weighted by Crippen LogP contribution is 2.17. The fourth-order valence-corrected chi connectivity index (χ4v) is 3.35. The normalized spacial score (nSPS) is 14.6. The minimum absolute atomic E-state index is 0.133. The number of hydroxylamine groups is 1. The van der Waals surface area contributed by atoms with Gasteiger partial charge in [0.1, 0.15) is 11.9 Å². The number of rotatable bonds is 5. The molecule has 2 aromatic rings. The van der Waals surface area contributed by atoms with E-state index in [9.17, 15) is 9.59 Å². The molecular weight excluding hydrogens is 394 g/mol. The van der Waals surface area contributed by atoms with Crippen molar-refractivity contribution in [1.82, 2.24) is 15.8 Å². The first kappa shape index (κ1) is 22.3. The van der Waals surface area contributed by atoms with Gasteiger partial charge in [-0.1, -0.05) is 24.7 Å². The Morgan fingerprint density at radius 2 is 1.68 bits per heavy atom. The molecule has 0 saturated carbocycles. The predicted octanol–water partition coefficient (Wildman–Crippen LogP) is 1.42. The number of hydrogen-bond donors (Lipinski definition) is 4. The van der Waals surface area contributed by atoms with E-state index in [1.165, 1.54) is 31.2 Å². The van der Waals surface area contributed by atoms with E-state index in [0.29, 0.717) is 5.56 Å². The van der Waals surface area contributed by atoms with E-state index in [1.54, 1.807) is 30.5 Å². The third-order valence-electron chi connectivity index (χ3n) is 5.14. The number of carbonyl (C=O) groups excluding carboxylic acids is 2. The first-order chi connectivity index (χ1) is 15.1. The standard InChI is InChI=1S/C23H27N5O3/c24-15-20(23(30)27-31)26-22(29)19-10-7-17(8-11-19)5-6-18-9-12-21(25-16-18)28-13-3-1-2-4-14-28/h7-12,16,20,31H,1-4,13-15,24H2,(H,26,29)(H,27,30)/t20-/m0/s1. The van der Waals surface area contributed by atoms with E-state index in [2.05, 4.69) is 27.0 Å². The quantitative estimate of drug-likeness (QED) is 0.329. The van der Waals surface area contributed by atoms with Crippen LogP contribution in [0.25, 0.3) is 0 Å². The fourth-order valence-electron chi connectivity index (χ4n) is 3.35. The highest BCUT2D eigenvalue weighted by Gasteiger charge is 2.19. The summed E-state index contributed by atoms with van der Waals surface area (Å²) >= 11 is 0. The zero-order chi connectivity index (χ0) is 22.1. The molecule has 0 unspecified atom stereocenters. The van der Waals surface area contributed by atoms with Gasteiger partial charge in [-0.2, -0.15) is 0 Å². The van der Waals surface area contributed by atoms with Gasteiger partial charge in [-0.25, -0.2) is 10.5 Å². The second-order valence-corrected chi connectivity index (χ2v) is 7.37. The molecule has 1 aromatic carbocycles. The predicted molar refractivity (Wildman–Crippen MR) is 118 cm³/mol. The average molecular weight is 422 g/mol. The van der Waals surface area contributed by atoms with Crippen molar-refractivity contribution in [1.29, 1.82) is 0 Å². The topological polar surface area (TPSA) is 121 Å². The molecular formula is C23H27N5O3. The average Bonchev–Trinajstić information content (AvgIpc) is 3.11. The van der Waals surface area contributed by atoms with Crippen molar-refractivity contribution in [2.75, 3.05) is 24.5 Å². The summed E-state index contributed by atoms with van der Waals surface area (Å²) in [6.45, 7) is 1.97. The van der Waals surface area contributed by atoms with Crippen molar-refractivity contribution in [3.05, 3.63) is 59.3 Å². The van der Waals surface area contributed by atoms with Crippen LogP contribution in [-0.2, 0) is 4.79 Å². The zero-order valence-corrected chi connectivity index (χ0v) is 17.3. The van der Waals surface area contributed by atoms with Gasteiger partial charge in [0.2, 0.25) is 0 Å². The number of hydrogen-bond acceptors (Lipinski definition) is 6. The van der Waals surface area contributed by atoms with Crippen LogP contribution in [0.2, 0.25) is 0 Å². The summed E-state index contributed by atoms with van der Waals surface area (Å²) in [5, 5.41) is 11.1. The Balaban J connectivity index is 1.61. The number of nitrogens with one attached hydrogen (secondary N) is 2. The van der Waals surface area contributed by atoms with Gasteiger partial charge in [0.15, 0.2) is 0 Å². The fraction of sp³-hybridized carbons (Fsp3) is 0.348. The molecule has 1 saturated heterocycles. The molecule has 8 nitrogen and oxygen atoms in total. The van der Waals surface area contributed by atoms with Gasteiger partial charge in [0.05, 0.1) is 0 Å². The van der Waals surface area contributed by atoms with Crippen molar-refractivity contribution in [2.24, 2.45) is 5.73 Å². The molecule has 1 fully saturated rings. The third kappa shape index (κ3) is 6.28. The second-order valence-electron chi connectivity index (χ2n) is 7.37. The minimum Gasteiger partial charge on any atom is -0.357 e. The van der Waals surface area contributed by atoms with E-state index >= 15 is 0 Å². The maximum absolute atomic E-state index is 12.2. The van der Waals surface area contributed by atoms with Gasteiger partial charge in [0.25, 0.3) is 11.8 Å². The molecule has 1 aliphatic heterocycles. The Bertz CT molecular complexity index is 940. The summed E-state index contributed by atoms with van der Waals surface area (Å²) in [5.74, 6) is 5.91. The Kier molecular flexibility index (Phi) is 7.98. The molecule has 2 amide bonds. The summed E-state index contributed by atoms with van der Waals surface area (Å²) in [6, 6.07) is 9.66. The molecule has 0 aliphatic carbocycles. The lowest BCUT2D eigenvalue weighted by atomic mass is 10.1. The first-order valence-corrected chi connectivity index (χ1v) is 10.4. The lowest BCUT2D eigenvalue weighted by Crippen LogP contribution is -2.50. The molecule has 3 rings (SSSR count). The minimum atomic E-state index is -1.01. The van der Waals surface area contributed by atoms with E-state index in [-0.39, 0.29) is 6.54 Å². The maximum atomic E-state index is 12.2. The van der Waals surface area contributed by atoms with Crippen LogP contribution in [-0.4, -0.2) is 47.7 Å². The molecule has 1 atom stereocenters. The molecule has 5 N–H and O–H groups in total. The molecule has 1 aliphatic rings. The molecule has 8 heteroatoms. The zero-order valence-electron chi connectivity index (χ0n) is 17.3. The Morgan fingerprint density at radius 3 is 2.26 bits per heavy atom. The van der Waals surface area contributed by atoms with E-state index < -0.39 is 17.9 Å². The number of nitrogens with zero attached hydrogens (tertiary/aromatic N) is 2. The number of benzene rings is 1. The first-order valence-electron chi connectivity index (χ1n) is 10.4. The summed E-state index contributed by atoms with van der Waals surface area (Å²) in [4.78, 5) is 30.5. The maximum Gasteiger partial charge on any atom is 0.267 e. The highest BCUT2D eigenvalue weighted by molar-refractivity contribution is 5.97. The SMILES string of the molecule is NC[C@H](NC(=O)c1ccc(C#Cc2ccc(N3CCCCCC3)nc2)cc1)C(=O)NO. The van der Waals surface area contributed by atoms with Crippen LogP contribution in [0, 0.1) is 11.8 Å². The molecule has 0 spiro atoms. The number of anilines is 1. The van der Waals surface area contributed by atoms with Crippen LogP contribution in [0.1, 0.15) is 47.2 Å². The van der Waals surface area contributed by atoms with Gasteiger partial charge in [-0.05, 0) is 49.2 Å². The van der Waals surface area contributed by atoms with E-state index in [0.717, 1.165) is 30.0 Å². The number of pyridine rings is 1. The van der Waals surface area contributed by atoms with Crippen LogP contribution in [0.5, 0.6) is 0 Å². The van der Waals surface area contributed by atoms with Crippen LogP contribution < -0.4 is 21.4 Å². The number of amides is 2. The third-order valence-corrected chi connectivity index (χ3v) is 5.14. The number of nitrogens with two attached hydrogens (primary N) is 1. The van der Waals surface area contributed by atoms with Gasteiger partial charge < -0.3 is 16.0 Å². The molecule has 0 radical (unpaired) electrons. The van der Waals surface area contributed by atoms with Crippen molar-refractivity contribution in [3.63, 3.8) is 0 Å². The van der Waals surface area contributed by atoms with Gasteiger partial charge in [0, 0.05) is 42.5 Å². The van der Waals surface area contributed by atoms with E-state index in [1.807, 2.05) is 12.1 Å². The Labute approximate surface area is 181 Å². The van der Waals surface area contributed by atoms with Crippen molar-refractivity contribution in [3.8, 4) is 11.8 Å². The monoisotopic (exact) mass is 421 g/mol. The lowest BCUT2D eigenvalue weighted by Gasteiger charge is -2.21. The number of carbonyl (C=O) groups is 2. The van der Waals surface area contributed by atoms with Crippen LogP contribution in [0.4, 0.5) is 5.82 Å². The smallest absolute Gasteiger partial charge is 0.267 e. The highest BCUT2D eigenvalue weighted by atomic mass is 16.5. The molecule has 31 heavy (non-hydrogen) atoms. The summed E-state index contributed by atoms with van der Waals surface area (Å²) in [5.41, 5.74) is 8.85. The van der Waals surface area contributed by atoms with Crippen molar-refractivity contribution >= 4 is 17.6 Å². The van der Waals surface area contributed by atoms with Crippen molar-refractivity contribution in [2.45, 2.75) is 31.7 Å². The van der Waals surface area contributed by atoms with Crippen molar-refractivity contribution < 1.29 is 14.8 Å². The Hall–Kier alpha value is -3.41. The Morgan fingerprint density at radius 1 is 1.03 bits per heavy atom. The summed E-state index contributed by atoms with van der Waals surface area (Å²) in [7, 11) is 0. The van der Waals surface area contributed by atoms with Gasteiger partial charge in [-0.15, -0.1) is 0 Å². The molecule has 2 heterocycles. The summed E-state index contributed by atoms with van der Waals surface area (Å²) in [6.07, 6.45) is 6.77. The molecule has 1 aromatic heterocycles. The number of aromatic nitrogens is 1. The van der Waals surface area contributed by atoms with E-state index in [4.69, 9.17) is 10.9 Å².